The number of amides is 1. The Morgan fingerprint density at radius 1 is 1.36 bits per heavy atom. The highest BCUT2D eigenvalue weighted by molar-refractivity contribution is 7.10. The van der Waals surface area contributed by atoms with Gasteiger partial charge in [-0.2, -0.15) is 0 Å². The van der Waals surface area contributed by atoms with Crippen LogP contribution in [0, 0.1) is 0 Å². The third kappa shape index (κ3) is 3.76. The van der Waals surface area contributed by atoms with Gasteiger partial charge in [0.05, 0.1) is 5.01 Å². The van der Waals surface area contributed by atoms with Gasteiger partial charge in [0.25, 0.3) is 0 Å². The summed E-state index contributed by atoms with van der Waals surface area (Å²) >= 11 is 1.38. The standard InChI is InChI=1S/C15H22N2O4S/c1-14(2,3)21-13(20)17-7-5-15(4,6-8-17)12-16-10(9-22-12)11(18)19/h9H,5-8H2,1-4H3,(H,18,19). The summed E-state index contributed by atoms with van der Waals surface area (Å²) in [7, 11) is 0. The van der Waals surface area contributed by atoms with Gasteiger partial charge >= 0.3 is 12.1 Å². The van der Waals surface area contributed by atoms with E-state index >= 15 is 0 Å². The Bertz CT molecular complexity index is 568. The van der Waals surface area contributed by atoms with Gasteiger partial charge in [0, 0.05) is 23.9 Å². The molecular weight excluding hydrogens is 304 g/mol. The molecule has 0 spiro atoms. The molecule has 1 aliphatic heterocycles. The molecule has 1 N–H and O–H groups in total. The molecule has 0 aliphatic carbocycles. The number of thiazole rings is 1. The molecule has 0 saturated carbocycles. The van der Waals surface area contributed by atoms with Gasteiger partial charge in [-0.05, 0) is 33.6 Å². The van der Waals surface area contributed by atoms with Gasteiger partial charge in [0.1, 0.15) is 5.60 Å². The molecule has 1 aromatic rings. The lowest BCUT2D eigenvalue weighted by Gasteiger charge is -2.38. The minimum atomic E-state index is -1.00. The fourth-order valence-electron chi connectivity index (χ4n) is 2.37. The van der Waals surface area contributed by atoms with Crippen LogP contribution in [0.15, 0.2) is 5.38 Å². The lowest BCUT2D eigenvalue weighted by molar-refractivity contribution is 0.0171. The summed E-state index contributed by atoms with van der Waals surface area (Å²) < 4.78 is 5.38. The van der Waals surface area contributed by atoms with Gasteiger partial charge in [-0.15, -0.1) is 11.3 Å². The van der Waals surface area contributed by atoms with Crippen LogP contribution in [0.5, 0.6) is 0 Å². The number of carboxylic acid groups (broad SMARTS) is 1. The third-order valence-electron chi connectivity index (χ3n) is 3.76. The molecule has 0 aromatic carbocycles. The van der Waals surface area contributed by atoms with Crippen molar-refractivity contribution in [3.63, 3.8) is 0 Å². The second-order valence-electron chi connectivity index (χ2n) is 6.87. The first-order chi connectivity index (χ1) is 10.1. The summed E-state index contributed by atoms with van der Waals surface area (Å²) in [4.78, 5) is 28.9. The third-order valence-corrected chi connectivity index (χ3v) is 4.91. The maximum atomic E-state index is 12.1. The van der Waals surface area contributed by atoms with E-state index in [-0.39, 0.29) is 17.2 Å². The number of piperidine rings is 1. The lowest BCUT2D eigenvalue weighted by atomic mass is 9.81. The topological polar surface area (TPSA) is 79.7 Å². The Balaban J connectivity index is 2.01. The van der Waals surface area contributed by atoms with Crippen LogP contribution in [0.25, 0.3) is 0 Å². The van der Waals surface area contributed by atoms with Crippen LogP contribution < -0.4 is 0 Å². The molecule has 0 bridgehead atoms. The van der Waals surface area contributed by atoms with Crippen molar-refractivity contribution >= 4 is 23.4 Å². The molecule has 6 nitrogen and oxygen atoms in total. The zero-order valence-corrected chi connectivity index (χ0v) is 14.2. The molecule has 122 valence electrons. The van der Waals surface area contributed by atoms with E-state index in [1.165, 1.54) is 11.3 Å². The average Bonchev–Trinajstić information content (AvgIpc) is 2.87. The van der Waals surface area contributed by atoms with E-state index < -0.39 is 11.6 Å². The number of hydrogen-bond donors (Lipinski definition) is 1. The van der Waals surface area contributed by atoms with Crippen molar-refractivity contribution in [2.45, 2.75) is 51.6 Å². The number of likely N-dealkylation sites (tertiary alicyclic amines) is 1. The van der Waals surface area contributed by atoms with Gasteiger partial charge in [-0.1, -0.05) is 6.92 Å². The van der Waals surface area contributed by atoms with Gasteiger partial charge in [0.15, 0.2) is 5.69 Å². The highest BCUT2D eigenvalue weighted by Crippen LogP contribution is 2.37. The van der Waals surface area contributed by atoms with Crippen molar-refractivity contribution in [2.24, 2.45) is 0 Å². The summed E-state index contributed by atoms with van der Waals surface area (Å²) in [6, 6.07) is 0. The van der Waals surface area contributed by atoms with E-state index in [0.717, 1.165) is 17.8 Å². The minimum absolute atomic E-state index is 0.0933. The number of aromatic nitrogens is 1. The molecule has 0 atom stereocenters. The monoisotopic (exact) mass is 326 g/mol. The molecule has 7 heteroatoms. The zero-order chi connectivity index (χ0) is 16.5. The van der Waals surface area contributed by atoms with Gasteiger partial charge < -0.3 is 14.7 Å². The van der Waals surface area contributed by atoms with Crippen molar-refractivity contribution in [2.75, 3.05) is 13.1 Å². The summed E-state index contributed by atoms with van der Waals surface area (Å²) in [6.07, 6.45) is 1.21. The van der Waals surface area contributed by atoms with Gasteiger partial charge in [0.2, 0.25) is 0 Å². The maximum absolute atomic E-state index is 12.1. The first-order valence-electron chi connectivity index (χ1n) is 7.28. The Morgan fingerprint density at radius 3 is 2.41 bits per heavy atom. The quantitative estimate of drug-likeness (QED) is 0.903. The van der Waals surface area contributed by atoms with Crippen LogP contribution in [0.1, 0.15) is 56.0 Å². The molecule has 1 aliphatic rings. The first-order valence-corrected chi connectivity index (χ1v) is 8.16. The highest BCUT2D eigenvalue weighted by Gasteiger charge is 2.37. The molecular formula is C15H22N2O4S. The highest BCUT2D eigenvalue weighted by atomic mass is 32.1. The van der Waals surface area contributed by atoms with Crippen molar-refractivity contribution in [1.82, 2.24) is 9.88 Å². The van der Waals surface area contributed by atoms with E-state index in [2.05, 4.69) is 11.9 Å². The van der Waals surface area contributed by atoms with Crippen molar-refractivity contribution in [1.29, 1.82) is 0 Å². The van der Waals surface area contributed by atoms with Crippen LogP contribution in [0.3, 0.4) is 0 Å². The predicted octanol–water partition coefficient (Wildman–Crippen LogP) is 3.13. The summed E-state index contributed by atoms with van der Waals surface area (Å²) in [6.45, 7) is 8.80. The molecule has 2 heterocycles. The zero-order valence-electron chi connectivity index (χ0n) is 13.4. The fourth-order valence-corrected chi connectivity index (χ4v) is 3.39. The molecule has 0 unspecified atom stereocenters. The number of nitrogens with zero attached hydrogens (tertiary/aromatic N) is 2. The SMILES string of the molecule is CC(C)(C)OC(=O)N1CCC(C)(c2nc(C(=O)O)cs2)CC1. The van der Waals surface area contributed by atoms with Crippen LogP contribution >= 0.6 is 11.3 Å². The molecule has 1 amide bonds. The number of carboxylic acids is 1. The normalized spacial score (nSPS) is 18.1. The number of aromatic carboxylic acids is 1. The van der Waals surface area contributed by atoms with Crippen molar-refractivity contribution in [3.05, 3.63) is 16.1 Å². The Labute approximate surface area is 134 Å². The summed E-state index contributed by atoms with van der Waals surface area (Å²) in [5.74, 6) is -1.00. The number of hydrogen-bond acceptors (Lipinski definition) is 5. The van der Waals surface area contributed by atoms with Gasteiger partial charge in [-0.3, -0.25) is 0 Å². The average molecular weight is 326 g/mol. The number of carbonyl (C=O) groups excluding carboxylic acids is 1. The van der Waals surface area contributed by atoms with Crippen LogP contribution in [0.2, 0.25) is 0 Å². The van der Waals surface area contributed by atoms with Crippen LogP contribution in [0.4, 0.5) is 4.79 Å². The van der Waals surface area contributed by atoms with E-state index in [1.807, 2.05) is 20.8 Å². The fraction of sp³-hybridized carbons (Fsp3) is 0.667. The molecule has 1 fully saturated rings. The van der Waals surface area contributed by atoms with E-state index in [0.29, 0.717) is 13.1 Å². The Morgan fingerprint density at radius 2 is 1.95 bits per heavy atom. The van der Waals surface area contributed by atoms with Crippen molar-refractivity contribution in [3.8, 4) is 0 Å². The summed E-state index contributed by atoms with van der Waals surface area (Å²) in [5.41, 5.74) is -0.587. The second-order valence-corrected chi connectivity index (χ2v) is 7.73. The largest absolute Gasteiger partial charge is 0.476 e. The molecule has 1 aromatic heterocycles. The Kier molecular flexibility index (Phi) is 4.47. The number of carbonyl (C=O) groups is 2. The van der Waals surface area contributed by atoms with E-state index in [9.17, 15) is 9.59 Å². The number of ether oxygens (including phenoxy) is 1. The summed E-state index contributed by atoms with van der Waals surface area (Å²) in [5, 5.41) is 11.4. The maximum Gasteiger partial charge on any atom is 0.410 e. The molecule has 2 rings (SSSR count). The predicted molar refractivity (Wildman–Crippen MR) is 83.5 cm³/mol. The number of rotatable bonds is 2. The van der Waals surface area contributed by atoms with E-state index in [1.54, 1.807) is 10.3 Å². The minimum Gasteiger partial charge on any atom is -0.476 e. The second kappa shape index (κ2) is 5.87. The van der Waals surface area contributed by atoms with Crippen LogP contribution in [-0.2, 0) is 10.2 Å². The molecule has 0 radical (unpaired) electrons. The van der Waals surface area contributed by atoms with Crippen molar-refractivity contribution < 1.29 is 19.4 Å². The van der Waals surface area contributed by atoms with Gasteiger partial charge in [-0.25, -0.2) is 14.6 Å². The molecule has 22 heavy (non-hydrogen) atoms. The molecule has 1 saturated heterocycles. The lowest BCUT2D eigenvalue weighted by Crippen LogP contribution is -2.45. The Hall–Kier alpha value is -1.63. The first kappa shape index (κ1) is 16.7. The smallest absolute Gasteiger partial charge is 0.410 e. The van der Waals surface area contributed by atoms with Crippen LogP contribution in [-0.4, -0.2) is 45.7 Å². The van der Waals surface area contributed by atoms with E-state index in [4.69, 9.17) is 9.84 Å².